The zero-order chi connectivity index (χ0) is 30.1. The lowest BCUT2D eigenvalue weighted by Gasteiger charge is -2.28. The number of rotatable bonds is 6. The van der Waals surface area contributed by atoms with Gasteiger partial charge in [0.15, 0.2) is 5.82 Å². The maximum atomic E-state index is 13.3. The van der Waals surface area contributed by atoms with Gasteiger partial charge in [-0.2, -0.15) is 0 Å². The molecular weight excluding hydrogens is 570 g/mol. The van der Waals surface area contributed by atoms with Gasteiger partial charge in [0, 0.05) is 25.2 Å². The highest BCUT2D eigenvalue weighted by Gasteiger charge is 2.23. The van der Waals surface area contributed by atoms with Crippen molar-refractivity contribution in [3.8, 4) is 28.5 Å². The molecule has 1 saturated heterocycles. The molecule has 0 spiro atoms. The van der Waals surface area contributed by atoms with Crippen molar-refractivity contribution < 1.29 is 9.53 Å². The number of nitrogen functional groups attached to an aromatic ring is 1. The average molecular weight is 598 g/mol. The predicted molar refractivity (Wildman–Crippen MR) is 165 cm³/mol. The molecule has 4 aromatic heterocycles. The van der Waals surface area contributed by atoms with E-state index in [9.17, 15) is 9.59 Å². The van der Waals surface area contributed by atoms with Gasteiger partial charge in [-0.3, -0.25) is 19.3 Å². The largest absolute Gasteiger partial charge is 0.382 e. The Bertz CT molecular complexity index is 1880. The number of carbonyl (C=O) groups is 1. The first-order valence-corrected chi connectivity index (χ1v) is 13.9. The van der Waals surface area contributed by atoms with Crippen molar-refractivity contribution in [3.63, 3.8) is 0 Å². The lowest BCUT2D eigenvalue weighted by molar-refractivity contribution is 0.102. The van der Waals surface area contributed by atoms with Gasteiger partial charge in [-0.15, -0.1) is 0 Å². The Morgan fingerprint density at radius 2 is 1.77 bits per heavy atom. The van der Waals surface area contributed by atoms with Gasteiger partial charge in [-0.05, 0) is 49.4 Å². The van der Waals surface area contributed by atoms with Crippen LogP contribution in [0.2, 0.25) is 5.02 Å². The molecule has 1 aromatic carbocycles. The summed E-state index contributed by atoms with van der Waals surface area (Å²) in [5.74, 6) is 0.493. The first kappa shape index (κ1) is 28.1. The quantitative estimate of drug-likeness (QED) is 0.299. The molecule has 1 amide bonds. The number of nitrogens with zero attached hydrogens (tertiary/aromatic N) is 7. The summed E-state index contributed by atoms with van der Waals surface area (Å²) in [6, 6.07) is 16.0. The number of pyridine rings is 2. The molecule has 0 radical (unpaired) electrons. The Morgan fingerprint density at radius 3 is 2.51 bits per heavy atom. The molecular formula is C30H28ClN9O3. The first-order chi connectivity index (χ1) is 20.8. The second-order valence-electron chi connectivity index (χ2n) is 9.94. The second kappa shape index (κ2) is 11.7. The highest BCUT2D eigenvalue weighted by atomic mass is 35.5. The summed E-state index contributed by atoms with van der Waals surface area (Å²) in [5, 5.41) is 3.25. The van der Waals surface area contributed by atoms with E-state index in [4.69, 9.17) is 32.0 Å². The molecule has 5 aromatic rings. The van der Waals surface area contributed by atoms with Gasteiger partial charge in [0.1, 0.15) is 22.8 Å². The number of nitrogens with one attached hydrogen (secondary N) is 1. The van der Waals surface area contributed by atoms with Crippen molar-refractivity contribution in [2.45, 2.75) is 6.92 Å². The molecule has 1 fully saturated rings. The number of anilines is 3. The Balaban J connectivity index is 1.23. The zero-order valence-corrected chi connectivity index (χ0v) is 24.2. The summed E-state index contributed by atoms with van der Waals surface area (Å²) >= 11 is 6.12. The molecule has 218 valence electrons. The van der Waals surface area contributed by atoms with Crippen LogP contribution in [0.5, 0.6) is 0 Å². The number of amides is 1. The third-order valence-corrected chi connectivity index (χ3v) is 7.47. The van der Waals surface area contributed by atoms with Crippen molar-refractivity contribution in [1.29, 1.82) is 0 Å². The van der Waals surface area contributed by atoms with Crippen LogP contribution in [0.25, 0.3) is 28.5 Å². The summed E-state index contributed by atoms with van der Waals surface area (Å²) in [6.07, 6.45) is 3.06. The Labute approximate surface area is 251 Å². The fraction of sp³-hybridized carbons (Fsp3) is 0.200. The van der Waals surface area contributed by atoms with E-state index in [-0.39, 0.29) is 11.4 Å². The summed E-state index contributed by atoms with van der Waals surface area (Å²) < 4.78 is 8.46. The van der Waals surface area contributed by atoms with Crippen LogP contribution < -0.4 is 21.5 Å². The van der Waals surface area contributed by atoms with Crippen molar-refractivity contribution in [2.24, 2.45) is 7.05 Å². The van der Waals surface area contributed by atoms with Gasteiger partial charge in [-0.25, -0.2) is 19.6 Å². The van der Waals surface area contributed by atoms with Crippen LogP contribution in [0.15, 0.2) is 71.8 Å². The number of morpholine rings is 1. The van der Waals surface area contributed by atoms with E-state index < -0.39 is 11.5 Å². The zero-order valence-electron chi connectivity index (χ0n) is 23.5. The van der Waals surface area contributed by atoms with Gasteiger partial charge in [-0.1, -0.05) is 23.7 Å². The maximum absolute atomic E-state index is 13.3. The fourth-order valence-corrected chi connectivity index (χ4v) is 5.10. The fourth-order valence-electron chi connectivity index (χ4n) is 4.91. The number of halogens is 1. The molecule has 13 heteroatoms. The van der Waals surface area contributed by atoms with Crippen LogP contribution in [0, 0.1) is 6.92 Å². The molecule has 0 bridgehead atoms. The van der Waals surface area contributed by atoms with E-state index in [1.165, 1.54) is 10.9 Å². The summed E-state index contributed by atoms with van der Waals surface area (Å²) in [7, 11) is 1.71. The molecule has 1 aliphatic heterocycles. The second-order valence-corrected chi connectivity index (χ2v) is 10.4. The molecule has 0 atom stereocenters. The molecule has 12 nitrogen and oxygen atoms in total. The van der Waals surface area contributed by atoms with E-state index in [0.717, 1.165) is 18.9 Å². The van der Waals surface area contributed by atoms with E-state index in [2.05, 4.69) is 20.2 Å². The van der Waals surface area contributed by atoms with Crippen LogP contribution in [0.4, 0.5) is 17.3 Å². The minimum atomic E-state index is -0.555. The molecule has 1 aliphatic rings. The number of aromatic nitrogens is 6. The van der Waals surface area contributed by atoms with Gasteiger partial charge >= 0.3 is 0 Å². The van der Waals surface area contributed by atoms with E-state index >= 15 is 0 Å². The minimum absolute atomic E-state index is 0.0150. The monoisotopic (exact) mass is 597 g/mol. The van der Waals surface area contributed by atoms with E-state index in [1.54, 1.807) is 61.2 Å². The Hall–Kier alpha value is -5.07. The van der Waals surface area contributed by atoms with Crippen LogP contribution in [-0.4, -0.2) is 61.5 Å². The van der Waals surface area contributed by atoms with Crippen molar-refractivity contribution in [2.75, 3.05) is 42.3 Å². The number of carbonyl (C=O) groups excluding carboxylic acids is 1. The molecule has 5 heterocycles. The minimum Gasteiger partial charge on any atom is -0.382 e. The third-order valence-electron chi connectivity index (χ3n) is 7.23. The maximum Gasteiger partial charge on any atom is 0.284 e. The molecule has 43 heavy (non-hydrogen) atoms. The highest BCUT2D eigenvalue weighted by molar-refractivity contribution is 6.30. The van der Waals surface area contributed by atoms with E-state index in [1.807, 2.05) is 18.2 Å². The predicted octanol–water partition coefficient (Wildman–Crippen LogP) is 3.72. The Kier molecular flexibility index (Phi) is 7.61. The van der Waals surface area contributed by atoms with E-state index in [0.29, 0.717) is 58.1 Å². The van der Waals surface area contributed by atoms with Crippen LogP contribution in [0.1, 0.15) is 16.1 Å². The summed E-state index contributed by atoms with van der Waals surface area (Å²) in [4.78, 5) is 46.9. The number of hydrogen-bond acceptors (Lipinski definition) is 9. The normalized spacial score (nSPS) is 13.2. The lowest BCUT2D eigenvalue weighted by Crippen LogP contribution is -2.36. The van der Waals surface area contributed by atoms with Crippen LogP contribution >= 0.6 is 11.6 Å². The van der Waals surface area contributed by atoms with Gasteiger partial charge < -0.3 is 20.7 Å². The SMILES string of the molecule is Cc1c(C(=O)Nc2ccc(-c3nc(-c4cccc(N5CCOCC5)n4)cnc3N)nc2)c(=O)n(-c2cccc(Cl)c2)n1C. The van der Waals surface area contributed by atoms with Crippen molar-refractivity contribution >= 4 is 34.8 Å². The molecule has 6 rings (SSSR count). The Morgan fingerprint density at radius 1 is 0.977 bits per heavy atom. The van der Waals surface area contributed by atoms with Crippen molar-refractivity contribution in [3.05, 3.63) is 93.6 Å². The standard InChI is InChI=1S/C30H28ClN9O3/c1-18-26(30(42)40(38(18)2)21-6-3-5-19(31)15-21)29(41)35-20-9-10-23(33-16-20)27-28(32)34-17-24(37-27)22-7-4-8-25(36-22)39-11-13-43-14-12-39/h3-10,15-17H,11-14H2,1-2H3,(H2,32,34)(H,35,41). The molecule has 0 unspecified atom stereocenters. The summed E-state index contributed by atoms with van der Waals surface area (Å²) in [5.41, 5.74) is 9.23. The molecule has 0 aliphatic carbocycles. The number of nitrogens with two attached hydrogens (primary N) is 1. The first-order valence-electron chi connectivity index (χ1n) is 13.5. The van der Waals surface area contributed by atoms with Crippen LogP contribution in [-0.2, 0) is 11.8 Å². The smallest absolute Gasteiger partial charge is 0.284 e. The summed E-state index contributed by atoms with van der Waals surface area (Å²) in [6.45, 7) is 4.56. The number of hydrogen-bond donors (Lipinski definition) is 2. The van der Waals surface area contributed by atoms with Crippen molar-refractivity contribution in [1.82, 2.24) is 29.3 Å². The van der Waals surface area contributed by atoms with Gasteiger partial charge in [0.05, 0.1) is 54.1 Å². The number of benzene rings is 1. The highest BCUT2D eigenvalue weighted by Crippen LogP contribution is 2.26. The molecule has 0 saturated carbocycles. The van der Waals surface area contributed by atoms with Gasteiger partial charge in [0.2, 0.25) is 0 Å². The number of ether oxygens (including phenoxy) is 1. The average Bonchev–Trinajstić information content (AvgIpc) is 3.25. The topological polar surface area (TPSA) is 146 Å². The lowest BCUT2D eigenvalue weighted by atomic mass is 10.2. The van der Waals surface area contributed by atoms with Gasteiger partial charge in [0.25, 0.3) is 11.5 Å². The van der Waals surface area contributed by atoms with Crippen LogP contribution in [0.3, 0.4) is 0 Å². The third kappa shape index (κ3) is 5.57. The molecule has 3 N–H and O–H groups in total.